The molecule has 4 heteroatoms. The molecule has 0 radical (unpaired) electrons. The van der Waals surface area contributed by atoms with Crippen LogP contribution in [0.5, 0.6) is 0 Å². The van der Waals surface area contributed by atoms with E-state index in [4.69, 9.17) is 18.8 Å². The second-order valence-corrected chi connectivity index (χ2v) is 8.49. The molecule has 6 aromatic rings. The van der Waals surface area contributed by atoms with E-state index in [1.165, 1.54) is 0 Å². The van der Waals surface area contributed by atoms with E-state index in [0.29, 0.717) is 11.8 Å². The van der Waals surface area contributed by atoms with Gasteiger partial charge in [0.25, 0.3) is 0 Å². The van der Waals surface area contributed by atoms with E-state index >= 15 is 0 Å². The molecule has 0 bridgehead atoms. The van der Waals surface area contributed by atoms with Crippen LogP contribution >= 0.6 is 0 Å². The van der Waals surface area contributed by atoms with Crippen molar-refractivity contribution >= 4 is 34.4 Å². The number of hydrogen-bond donors (Lipinski definition) is 0. The molecule has 2 aromatic heterocycles. The molecule has 4 aromatic carbocycles. The molecule has 0 fully saturated rings. The first-order valence-electron chi connectivity index (χ1n) is 11.3. The van der Waals surface area contributed by atoms with E-state index in [9.17, 15) is 0 Å². The molecule has 2 heterocycles. The third kappa shape index (κ3) is 3.69. The minimum absolute atomic E-state index is 0.544. The standard InChI is InChI=1S/C30H22N2O2/c1-19-11-15-26-24(17-19)31-29(33-26)23-10-6-9-22(14-13-21-7-4-3-5-8-21)28(23)30-32-25-18-20(2)12-16-27(25)34-30/h3-18H,1-2H3/b14-13+. The summed E-state index contributed by atoms with van der Waals surface area (Å²) >= 11 is 0. The fourth-order valence-corrected chi connectivity index (χ4v) is 4.17. The molecule has 0 saturated carbocycles. The highest BCUT2D eigenvalue weighted by molar-refractivity contribution is 5.90. The van der Waals surface area contributed by atoms with Crippen LogP contribution in [0.4, 0.5) is 0 Å². The number of rotatable bonds is 4. The topological polar surface area (TPSA) is 52.1 Å². The molecule has 0 atom stereocenters. The highest BCUT2D eigenvalue weighted by atomic mass is 16.4. The van der Waals surface area contributed by atoms with E-state index in [1.807, 2.05) is 66.7 Å². The van der Waals surface area contributed by atoms with Crippen molar-refractivity contribution in [3.8, 4) is 22.9 Å². The first-order valence-corrected chi connectivity index (χ1v) is 11.3. The van der Waals surface area contributed by atoms with E-state index < -0.39 is 0 Å². The zero-order valence-corrected chi connectivity index (χ0v) is 18.9. The zero-order chi connectivity index (χ0) is 23.1. The Kier molecular flexibility index (Phi) is 4.84. The molecule has 4 nitrogen and oxygen atoms in total. The molecule has 164 valence electrons. The minimum Gasteiger partial charge on any atom is -0.436 e. The fraction of sp³-hybridized carbons (Fsp3) is 0.0667. The number of aromatic nitrogens is 2. The lowest BCUT2D eigenvalue weighted by molar-refractivity contribution is 0.611. The molecule has 0 N–H and O–H groups in total. The Bertz CT molecular complexity index is 1670. The van der Waals surface area contributed by atoms with Crippen molar-refractivity contribution in [3.05, 3.63) is 107 Å². The van der Waals surface area contributed by atoms with Crippen molar-refractivity contribution in [2.24, 2.45) is 0 Å². The van der Waals surface area contributed by atoms with Crippen LogP contribution in [0.25, 0.3) is 57.3 Å². The van der Waals surface area contributed by atoms with Crippen molar-refractivity contribution in [1.82, 2.24) is 9.97 Å². The van der Waals surface area contributed by atoms with E-state index in [0.717, 1.165) is 55.6 Å². The highest BCUT2D eigenvalue weighted by Gasteiger charge is 2.20. The summed E-state index contributed by atoms with van der Waals surface area (Å²) in [5.74, 6) is 1.09. The van der Waals surface area contributed by atoms with Gasteiger partial charge in [0.05, 0.1) is 11.1 Å². The highest BCUT2D eigenvalue weighted by Crippen LogP contribution is 2.38. The first-order chi connectivity index (χ1) is 16.6. The van der Waals surface area contributed by atoms with Gasteiger partial charge in [-0.15, -0.1) is 0 Å². The van der Waals surface area contributed by atoms with Crippen molar-refractivity contribution in [1.29, 1.82) is 0 Å². The molecule has 0 aliphatic carbocycles. The molecule has 0 aliphatic rings. The molecule has 0 saturated heterocycles. The maximum atomic E-state index is 6.24. The van der Waals surface area contributed by atoms with Crippen LogP contribution in [0.3, 0.4) is 0 Å². The Labute approximate surface area is 197 Å². The predicted molar refractivity (Wildman–Crippen MR) is 137 cm³/mol. The van der Waals surface area contributed by atoms with Crippen LogP contribution in [-0.2, 0) is 0 Å². The normalized spacial score (nSPS) is 11.7. The molecule has 0 amide bonds. The summed E-state index contributed by atoms with van der Waals surface area (Å²) in [6.45, 7) is 4.10. The quantitative estimate of drug-likeness (QED) is 0.259. The summed E-state index contributed by atoms with van der Waals surface area (Å²) < 4.78 is 12.4. The van der Waals surface area contributed by atoms with Gasteiger partial charge in [-0.1, -0.05) is 66.7 Å². The Morgan fingerprint density at radius 3 is 1.97 bits per heavy atom. The molecule has 34 heavy (non-hydrogen) atoms. The molecule has 0 unspecified atom stereocenters. The Balaban J connectivity index is 1.57. The third-order valence-corrected chi connectivity index (χ3v) is 5.88. The number of nitrogens with zero attached hydrogens (tertiary/aromatic N) is 2. The van der Waals surface area contributed by atoms with Crippen LogP contribution in [0.2, 0.25) is 0 Å². The van der Waals surface area contributed by atoms with Gasteiger partial charge in [-0.25, -0.2) is 9.97 Å². The van der Waals surface area contributed by atoms with E-state index in [-0.39, 0.29) is 0 Å². The van der Waals surface area contributed by atoms with E-state index in [2.05, 4.69) is 44.2 Å². The van der Waals surface area contributed by atoms with Gasteiger partial charge in [-0.05, 0) is 66.4 Å². The average molecular weight is 443 g/mol. The van der Waals surface area contributed by atoms with Crippen molar-refractivity contribution in [2.45, 2.75) is 13.8 Å². The maximum Gasteiger partial charge on any atom is 0.228 e. The lowest BCUT2D eigenvalue weighted by atomic mass is 9.99. The smallest absolute Gasteiger partial charge is 0.228 e. The van der Waals surface area contributed by atoms with Crippen LogP contribution in [-0.4, -0.2) is 9.97 Å². The Morgan fingerprint density at radius 1 is 0.618 bits per heavy atom. The molecule has 6 rings (SSSR count). The van der Waals surface area contributed by atoms with Gasteiger partial charge >= 0.3 is 0 Å². The van der Waals surface area contributed by atoms with Crippen LogP contribution in [0, 0.1) is 13.8 Å². The van der Waals surface area contributed by atoms with Gasteiger partial charge in [0, 0.05) is 0 Å². The van der Waals surface area contributed by atoms with Crippen LogP contribution < -0.4 is 0 Å². The second kappa shape index (κ2) is 8.16. The zero-order valence-electron chi connectivity index (χ0n) is 18.9. The van der Waals surface area contributed by atoms with Gasteiger partial charge < -0.3 is 8.83 Å². The van der Waals surface area contributed by atoms with Gasteiger partial charge in [0.1, 0.15) is 11.0 Å². The summed E-state index contributed by atoms with van der Waals surface area (Å²) in [4.78, 5) is 9.64. The Morgan fingerprint density at radius 2 is 1.26 bits per heavy atom. The minimum atomic E-state index is 0.544. The number of hydrogen-bond acceptors (Lipinski definition) is 4. The first kappa shape index (κ1) is 20.2. The third-order valence-electron chi connectivity index (χ3n) is 5.88. The van der Waals surface area contributed by atoms with Crippen molar-refractivity contribution < 1.29 is 8.83 Å². The molecule has 0 spiro atoms. The van der Waals surface area contributed by atoms with Crippen molar-refractivity contribution in [3.63, 3.8) is 0 Å². The largest absolute Gasteiger partial charge is 0.436 e. The maximum absolute atomic E-state index is 6.24. The van der Waals surface area contributed by atoms with Gasteiger partial charge in [-0.3, -0.25) is 0 Å². The van der Waals surface area contributed by atoms with Crippen molar-refractivity contribution in [2.75, 3.05) is 0 Å². The van der Waals surface area contributed by atoms with Crippen LogP contribution in [0.15, 0.2) is 93.8 Å². The lowest BCUT2D eigenvalue weighted by Crippen LogP contribution is -1.90. The fourth-order valence-electron chi connectivity index (χ4n) is 4.17. The lowest BCUT2D eigenvalue weighted by Gasteiger charge is -2.07. The molecular formula is C30H22N2O2. The monoisotopic (exact) mass is 442 g/mol. The summed E-state index contributed by atoms with van der Waals surface area (Å²) in [6.07, 6.45) is 4.17. The summed E-state index contributed by atoms with van der Waals surface area (Å²) in [6, 6.07) is 28.3. The van der Waals surface area contributed by atoms with Gasteiger partial charge in [0.2, 0.25) is 11.8 Å². The van der Waals surface area contributed by atoms with Crippen LogP contribution in [0.1, 0.15) is 22.3 Å². The SMILES string of the molecule is Cc1ccc2oc(-c3cccc(/C=C/c4ccccc4)c3-c3nc4cc(C)ccc4o3)nc2c1. The summed E-state index contributed by atoms with van der Waals surface area (Å²) in [7, 11) is 0. The Hall–Kier alpha value is -4.44. The average Bonchev–Trinajstić information content (AvgIpc) is 3.46. The second-order valence-electron chi connectivity index (χ2n) is 8.49. The number of oxazole rings is 2. The molecule has 0 aliphatic heterocycles. The van der Waals surface area contributed by atoms with Gasteiger partial charge in [-0.2, -0.15) is 0 Å². The summed E-state index contributed by atoms with van der Waals surface area (Å²) in [5, 5.41) is 0. The summed E-state index contributed by atoms with van der Waals surface area (Å²) in [5.41, 5.74) is 9.23. The number of fused-ring (bicyclic) bond motifs is 2. The van der Waals surface area contributed by atoms with E-state index in [1.54, 1.807) is 0 Å². The number of benzene rings is 4. The van der Waals surface area contributed by atoms with Gasteiger partial charge in [0.15, 0.2) is 11.2 Å². The number of aryl methyl sites for hydroxylation is 2. The molecular weight excluding hydrogens is 420 g/mol. The predicted octanol–water partition coefficient (Wildman–Crippen LogP) is 8.09.